The van der Waals surface area contributed by atoms with Gasteiger partial charge in [-0.05, 0) is 31.0 Å². The van der Waals surface area contributed by atoms with E-state index in [-0.39, 0.29) is 0 Å². The molecule has 0 amide bonds. The monoisotopic (exact) mass is 295 g/mol. The number of nitrogens with one attached hydrogen (secondary N) is 2. The largest absolute Gasteiger partial charge is 0.399 e. The van der Waals surface area contributed by atoms with E-state index in [0.29, 0.717) is 23.4 Å². The van der Waals surface area contributed by atoms with Crippen molar-refractivity contribution in [1.29, 1.82) is 0 Å². The number of fused-ring (bicyclic) bond motifs is 1. The highest BCUT2D eigenvalue weighted by molar-refractivity contribution is 5.74. The lowest BCUT2D eigenvalue weighted by atomic mass is 10.3. The maximum atomic E-state index is 5.94. The van der Waals surface area contributed by atoms with E-state index < -0.39 is 0 Å². The third-order valence-corrected chi connectivity index (χ3v) is 3.59. The van der Waals surface area contributed by atoms with Gasteiger partial charge in [-0.1, -0.05) is 6.07 Å². The van der Waals surface area contributed by atoms with Crippen molar-refractivity contribution < 1.29 is 0 Å². The van der Waals surface area contributed by atoms with Crippen LogP contribution in [0.25, 0.3) is 5.65 Å². The van der Waals surface area contributed by atoms with E-state index in [4.69, 9.17) is 11.5 Å². The first-order valence-electron chi connectivity index (χ1n) is 7.22. The molecule has 1 aliphatic rings. The Hall–Kier alpha value is -2.96. The second-order valence-corrected chi connectivity index (χ2v) is 5.53. The molecule has 1 fully saturated rings. The van der Waals surface area contributed by atoms with Crippen LogP contribution in [-0.2, 0) is 0 Å². The number of nitrogen functional groups attached to an aromatic ring is 2. The summed E-state index contributed by atoms with van der Waals surface area (Å²) in [4.78, 5) is 4.33. The van der Waals surface area contributed by atoms with Crippen LogP contribution in [-0.4, -0.2) is 20.6 Å². The van der Waals surface area contributed by atoms with Gasteiger partial charge in [-0.2, -0.15) is 4.52 Å². The molecule has 0 radical (unpaired) electrons. The molecule has 0 aliphatic heterocycles. The summed E-state index contributed by atoms with van der Waals surface area (Å²) >= 11 is 0. The van der Waals surface area contributed by atoms with Crippen molar-refractivity contribution in [1.82, 2.24) is 14.6 Å². The molecule has 112 valence electrons. The highest BCUT2D eigenvalue weighted by atomic mass is 15.3. The summed E-state index contributed by atoms with van der Waals surface area (Å²) in [6.07, 6.45) is 3.98. The standard InChI is InChI=1S/C15H17N7/c16-9-2-1-3-11(6-9)20-14-7-12(19-10-4-5-10)15-18-8-13(17)22(15)21-14/h1-3,6-8,10,19H,4-5,16-17H2,(H,20,21). The third-order valence-electron chi connectivity index (χ3n) is 3.59. The first kappa shape index (κ1) is 12.8. The van der Waals surface area contributed by atoms with E-state index in [2.05, 4.69) is 20.7 Å². The Morgan fingerprint density at radius 2 is 2.05 bits per heavy atom. The number of anilines is 5. The Morgan fingerprint density at radius 1 is 1.18 bits per heavy atom. The van der Waals surface area contributed by atoms with E-state index in [1.165, 1.54) is 12.8 Å². The highest BCUT2D eigenvalue weighted by Gasteiger charge is 2.23. The minimum atomic E-state index is 0.505. The highest BCUT2D eigenvalue weighted by Crippen LogP contribution is 2.29. The molecule has 0 spiro atoms. The molecule has 1 saturated carbocycles. The molecule has 1 aromatic carbocycles. The van der Waals surface area contributed by atoms with E-state index >= 15 is 0 Å². The fraction of sp³-hybridized carbons (Fsp3) is 0.200. The van der Waals surface area contributed by atoms with Gasteiger partial charge < -0.3 is 22.1 Å². The second kappa shape index (κ2) is 4.80. The van der Waals surface area contributed by atoms with Crippen molar-refractivity contribution in [2.45, 2.75) is 18.9 Å². The van der Waals surface area contributed by atoms with Crippen molar-refractivity contribution >= 4 is 34.3 Å². The number of benzene rings is 1. The minimum absolute atomic E-state index is 0.505. The summed E-state index contributed by atoms with van der Waals surface area (Å²) in [5.74, 6) is 1.19. The lowest BCUT2D eigenvalue weighted by molar-refractivity contribution is 0.949. The molecule has 0 atom stereocenters. The number of imidazole rings is 1. The van der Waals surface area contributed by atoms with Gasteiger partial charge in [-0.25, -0.2) is 4.98 Å². The van der Waals surface area contributed by atoms with Crippen molar-refractivity contribution in [3.05, 3.63) is 36.5 Å². The van der Waals surface area contributed by atoms with Gasteiger partial charge in [0.05, 0.1) is 11.9 Å². The van der Waals surface area contributed by atoms with E-state index in [9.17, 15) is 0 Å². The van der Waals surface area contributed by atoms with Crippen LogP contribution in [0, 0.1) is 0 Å². The SMILES string of the molecule is Nc1cccc(Nc2cc(NC3CC3)c3ncc(N)n3n2)c1. The average molecular weight is 295 g/mol. The molecular formula is C15H17N7. The fourth-order valence-corrected chi connectivity index (χ4v) is 2.36. The summed E-state index contributed by atoms with van der Waals surface area (Å²) in [5, 5.41) is 11.2. The number of nitrogens with two attached hydrogens (primary N) is 2. The van der Waals surface area contributed by atoms with Crippen molar-refractivity contribution in [3.63, 3.8) is 0 Å². The van der Waals surface area contributed by atoms with Crippen LogP contribution in [0.1, 0.15) is 12.8 Å². The van der Waals surface area contributed by atoms with Gasteiger partial charge in [-0.3, -0.25) is 0 Å². The zero-order valence-corrected chi connectivity index (χ0v) is 12.0. The zero-order chi connectivity index (χ0) is 15.1. The Morgan fingerprint density at radius 3 is 2.82 bits per heavy atom. The van der Waals surface area contributed by atoms with Gasteiger partial charge >= 0.3 is 0 Å². The maximum absolute atomic E-state index is 5.94. The molecule has 0 unspecified atom stereocenters. The van der Waals surface area contributed by atoms with E-state index in [1.807, 2.05) is 30.3 Å². The molecule has 3 aromatic rings. The van der Waals surface area contributed by atoms with Crippen LogP contribution in [0.2, 0.25) is 0 Å². The molecule has 0 bridgehead atoms. The molecule has 1 aliphatic carbocycles. The molecular weight excluding hydrogens is 278 g/mol. The predicted molar refractivity (Wildman–Crippen MR) is 88.2 cm³/mol. The van der Waals surface area contributed by atoms with E-state index in [1.54, 1.807) is 10.7 Å². The molecule has 4 rings (SSSR count). The first-order valence-corrected chi connectivity index (χ1v) is 7.22. The first-order chi connectivity index (χ1) is 10.7. The predicted octanol–water partition coefficient (Wildman–Crippen LogP) is 2.21. The Balaban J connectivity index is 1.74. The molecule has 2 aromatic heterocycles. The van der Waals surface area contributed by atoms with Crippen LogP contribution in [0.4, 0.5) is 28.7 Å². The quantitative estimate of drug-likeness (QED) is 0.550. The number of hydrogen-bond donors (Lipinski definition) is 4. The van der Waals surface area contributed by atoms with Crippen LogP contribution < -0.4 is 22.1 Å². The fourth-order valence-electron chi connectivity index (χ4n) is 2.36. The molecule has 7 nitrogen and oxygen atoms in total. The van der Waals surface area contributed by atoms with Crippen LogP contribution in [0.15, 0.2) is 36.5 Å². The molecule has 7 heteroatoms. The molecule has 2 heterocycles. The van der Waals surface area contributed by atoms with Crippen LogP contribution in [0.3, 0.4) is 0 Å². The van der Waals surface area contributed by atoms with Crippen molar-refractivity contribution in [3.8, 4) is 0 Å². The lowest BCUT2D eigenvalue weighted by Crippen LogP contribution is -2.08. The molecule has 22 heavy (non-hydrogen) atoms. The van der Waals surface area contributed by atoms with Gasteiger partial charge in [0.1, 0.15) is 5.82 Å². The summed E-state index contributed by atoms with van der Waals surface area (Å²) in [6, 6.07) is 10.00. The topological polar surface area (TPSA) is 106 Å². The lowest BCUT2D eigenvalue weighted by Gasteiger charge is -2.11. The van der Waals surface area contributed by atoms with Gasteiger partial charge in [0, 0.05) is 23.5 Å². The smallest absolute Gasteiger partial charge is 0.179 e. The summed E-state index contributed by atoms with van der Waals surface area (Å²) < 4.78 is 1.64. The van der Waals surface area contributed by atoms with Gasteiger partial charge in [-0.15, -0.1) is 5.10 Å². The summed E-state index contributed by atoms with van der Waals surface area (Å²) in [5.41, 5.74) is 15.0. The summed E-state index contributed by atoms with van der Waals surface area (Å²) in [6.45, 7) is 0. The Labute approximate surface area is 127 Å². The number of rotatable bonds is 4. The van der Waals surface area contributed by atoms with E-state index in [0.717, 1.165) is 17.0 Å². The Kier molecular flexibility index (Phi) is 2.78. The number of aromatic nitrogens is 3. The van der Waals surface area contributed by atoms with Gasteiger partial charge in [0.15, 0.2) is 11.5 Å². The van der Waals surface area contributed by atoms with Crippen molar-refractivity contribution in [2.24, 2.45) is 0 Å². The number of nitrogens with zero attached hydrogens (tertiary/aromatic N) is 3. The number of hydrogen-bond acceptors (Lipinski definition) is 6. The maximum Gasteiger partial charge on any atom is 0.179 e. The molecule has 6 N–H and O–H groups in total. The Bertz CT molecular complexity index is 835. The average Bonchev–Trinajstić information content (AvgIpc) is 3.22. The second-order valence-electron chi connectivity index (χ2n) is 5.53. The van der Waals surface area contributed by atoms with Gasteiger partial charge in [0.2, 0.25) is 0 Å². The summed E-state index contributed by atoms with van der Waals surface area (Å²) in [7, 11) is 0. The minimum Gasteiger partial charge on any atom is -0.399 e. The van der Waals surface area contributed by atoms with Crippen LogP contribution >= 0.6 is 0 Å². The normalized spacial score (nSPS) is 14.2. The van der Waals surface area contributed by atoms with Crippen LogP contribution in [0.5, 0.6) is 0 Å². The molecule has 0 saturated heterocycles. The van der Waals surface area contributed by atoms with Crippen molar-refractivity contribution in [2.75, 3.05) is 22.1 Å². The van der Waals surface area contributed by atoms with Gasteiger partial charge in [0.25, 0.3) is 0 Å². The third kappa shape index (κ3) is 2.37. The zero-order valence-electron chi connectivity index (χ0n) is 12.0.